The number of hydrogen-bond donors (Lipinski definition) is 0. The molecule has 1 aromatic heterocycles. The highest BCUT2D eigenvalue weighted by Gasteiger charge is 2.04. The maximum Gasteiger partial charge on any atom is 0.0305 e. The number of aryl methyl sites for hydroxylation is 1. The lowest BCUT2D eigenvalue weighted by atomic mass is 10.1. The van der Waals surface area contributed by atoms with E-state index in [1.165, 1.54) is 47.4 Å². The highest BCUT2D eigenvalue weighted by atomic mass is 32.1. The van der Waals surface area contributed by atoms with Gasteiger partial charge in [-0.25, -0.2) is 0 Å². The molecule has 1 aromatic rings. The molecule has 1 heterocycles. The van der Waals surface area contributed by atoms with E-state index in [9.17, 15) is 0 Å². The van der Waals surface area contributed by atoms with E-state index >= 15 is 0 Å². The van der Waals surface area contributed by atoms with Gasteiger partial charge in [-0.15, -0.1) is 11.3 Å². The molecule has 0 bridgehead atoms. The Morgan fingerprint density at radius 2 is 1.82 bits per heavy atom. The van der Waals surface area contributed by atoms with Gasteiger partial charge in [-0.2, -0.15) is 0 Å². The summed E-state index contributed by atoms with van der Waals surface area (Å²) in [6.45, 7) is 6.44. The molecular formula is C16H24S. The summed E-state index contributed by atoms with van der Waals surface area (Å²) in [6.07, 6.45) is 15.3. The SMILES string of the molecule is C/C=C\c1cc(CCCCCC)c(/C=C\C)s1. The summed E-state index contributed by atoms with van der Waals surface area (Å²) < 4.78 is 0. The first-order valence-corrected chi connectivity index (χ1v) is 7.51. The van der Waals surface area contributed by atoms with E-state index < -0.39 is 0 Å². The Morgan fingerprint density at radius 3 is 2.47 bits per heavy atom. The third kappa shape index (κ3) is 4.91. The van der Waals surface area contributed by atoms with Crippen LogP contribution in [0.15, 0.2) is 18.2 Å². The second kappa shape index (κ2) is 8.30. The molecule has 1 heteroatoms. The molecular weight excluding hydrogens is 224 g/mol. The number of hydrogen-bond acceptors (Lipinski definition) is 1. The Hall–Kier alpha value is -0.820. The Balaban J connectivity index is 2.67. The molecule has 0 spiro atoms. The zero-order chi connectivity index (χ0) is 12.5. The second-order valence-electron chi connectivity index (χ2n) is 4.35. The predicted octanol–water partition coefficient (Wildman–Crippen LogP) is 5.94. The molecule has 0 unspecified atom stereocenters. The molecule has 0 radical (unpaired) electrons. The maximum atomic E-state index is 2.35. The molecule has 0 fully saturated rings. The minimum absolute atomic E-state index is 1.23. The van der Waals surface area contributed by atoms with Gasteiger partial charge in [0.2, 0.25) is 0 Å². The van der Waals surface area contributed by atoms with Gasteiger partial charge in [0, 0.05) is 9.75 Å². The van der Waals surface area contributed by atoms with Crippen molar-refractivity contribution >= 4 is 23.5 Å². The van der Waals surface area contributed by atoms with Crippen LogP contribution in [0.4, 0.5) is 0 Å². The van der Waals surface area contributed by atoms with Crippen LogP contribution in [0.3, 0.4) is 0 Å². The molecule has 0 N–H and O–H groups in total. The van der Waals surface area contributed by atoms with Crippen molar-refractivity contribution in [3.63, 3.8) is 0 Å². The summed E-state index contributed by atoms with van der Waals surface area (Å²) in [5.74, 6) is 0. The summed E-state index contributed by atoms with van der Waals surface area (Å²) in [5, 5.41) is 0. The van der Waals surface area contributed by atoms with E-state index in [1.807, 2.05) is 11.3 Å². The highest BCUT2D eigenvalue weighted by molar-refractivity contribution is 7.14. The van der Waals surface area contributed by atoms with Crippen molar-refractivity contribution in [3.05, 3.63) is 33.5 Å². The monoisotopic (exact) mass is 248 g/mol. The largest absolute Gasteiger partial charge is 0.136 e. The van der Waals surface area contributed by atoms with Crippen LogP contribution in [0.5, 0.6) is 0 Å². The molecule has 0 aliphatic heterocycles. The Bertz CT molecular complexity index is 369. The smallest absolute Gasteiger partial charge is 0.0305 e. The van der Waals surface area contributed by atoms with Crippen molar-refractivity contribution < 1.29 is 0 Å². The topological polar surface area (TPSA) is 0 Å². The van der Waals surface area contributed by atoms with Gasteiger partial charge in [-0.3, -0.25) is 0 Å². The zero-order valence-corrected chi connectivity index (χ0v) is 12.1. The van der Waals surface area contributed by atoms with Gasteiger partial charge < -0.3 is 0 Å². The third-order valence-corrected chi connectivity index (χ3v) is 3.92. The van der Waals surface area contributed by atoms with Crippen LogP contribution in [0.1, 0.15) is 61.8 Å². The van der Waals surface area contributed by atoms with E-state index in [0.717, 1.165) is 0 Å². The molecule has 0 amide bonds. The molecule has 0 nitrogen and oxygen atoms in total. The summed E-state index contributed by atoms with van der Waals surface area (Å²) in [4.78, 5) is 2.82. The quantitative estimate of drug-likeness (QED) is 0.524. The van der Waals surface area contributed by atoms with Crippen molar-refractivity contribution in [3.8, 4) is 0 Å². The van der Waals surface area contributed by atoms with Gasteiger partial charge in [0.05, 0.1) is 0 Å². The first-order chi connectivity index (χ1) is 8.31. The fourth-order valence-electron chi connectivity index (χ4n) is 1.94. The first-order valence-electron chi connectivity index (χ1n) is 6.69. The molecule has 0 aromatic carbocycles. The van der Waals surface area contributed by atoms with Crippen LogP contribution in [0, 0.1) is 0 Å². The minimum Gasteiger partial charge on any atom is -0.136 e. The van der Waals surface area contributed by atoms with Crippen molar-refractivity contribution in [2.24, 2.45) is 0 Å². The molecule has 1 rings (SSSR count). The zero-order valence-electron chi connectivity index (χ0n) is 11.3. The molecule has 0 aliphatic rings. The molecule has 0 saturated carbocycles. The summed E-state index contributed by atoms with van der Waals surface area (Å²) >= 11 is 1.90. The second-order valence-corrected chi connectivity index (χ2v) is 5.46. The van der Waals surface area contributed by atoms with Gasteiger partial charge in [-0.1, -0.05) is 38.3 Å². The van der Waals surface area contributed by atoms with Crippen LogP contribution in [-0.4, -0.2) is 0 Å². The van der Waals surface area contributed by atoms with Crippen LogP contribution < -0.4 is 0 Å². The Kier molecular flexibility index (Phi) is 6.95. The molecule has 17 heavy (non-hydrogen) atoms. The predicted molar refractivity (Wildman–Crippen MR) is 81.6 cm³/mol. The average Bonchev–Trinajstić information content (AvgIpc) is 2.68. The fourth-order valence-corrected chi connectivity index (χ4v) is 3.10. The van der Waals surface area contributed by atoms with E-state index in [1.54, 1.807) is 0 Å². The Labute approximate surface area is 110 Å². The Morgan fingerprint density at radius 1 is 1.06 bits per heavy atom. The lowest BCUT2D eigenvalue weighted by molar-refractivity contribution is 0.667. The van der Waals surface area contributed by atoms with Gasteiger partial charge in [-0.05, 0) is 50.5 Å². The van der Waals surface area contributed by atoms with E-state index in [-0.39, 0.29) is 0 Å². The van der Waals surface area contributed by atoms with E-state index in [4.69, 9.17) is 0 Å². The van der Waals surface area contributed by atoms with E-state index in [0.29, 0.717) is 0 Å². The lowest BCUT2D eigenvalue weighted by Gasteiger charge is -1.99. The van der Waals surface area contributed by atoms with Gasteiger partial charge >= 0.3 is 0 Å². The number of thiophene rings is 1. The fraction of sp³-hybridized carbons (Fsp3) is 0.500. The van der Waals surface area contributed by atoms with Crippen molar-refractivity contribution in [1.29, 1.82) is 0 Å². The van der Waals surface area contributed by atoms with Crippen LogP contribution in [0.2, 0.25) is 0 Å². The lowest BCUT2D eigenvalue weighted by Crippen LogP contribution is -1.85. The highest BCUT2D eigenvalue weighted by Crippen LogP contribution is 2.26. The molecule has 0 aliphatic carbocycles. The molecule has 0 atom stereocenters. The minimum atomic E-state index is 1.23. The van der Waals surface area contributed by atoms with Gasteiger partial charge in [0.1, 0.15) is 0 Å². The first kappa shape index (κ1) is 14.2. The van der Waals surface area contributed by atoms with Crippen LogP contribution >= 0.6 is 11.3 Å². The summed E-state index contributed by atoms with van der Waals surface area (Å²) in [5.41, 5.74) is 1.53. The van der Waals surface area contributed by atoms with Crippen molar-refractivity contribution in [1.82, 2.24) is 0 Å². The standard InChI is InChI=1S/C16H24S/c1-4-7-8-9-12-14-13-15(10-5-2)17-16(14)11-6-3/h5-6,10-11,13H,4,7-9,12H2,1-3H3/b10-5-,11-6-. The normalized spacial score (nSPS) is 11.9. The number of unbranched alkanes of at least 4 members (excludes halogenated alkanes) is 3. The summed E-state index contributed by atoms with van der Waals surface area (Å²) in [7, 11) is 0. The van der Waals surface area contributed by atoms with Crippen LogP contribution in [0.25, 0.3) is 12.2 Å². The number of allylic oxidation sites excluding steroid dienone is 2. The third-order valence-electron chi connectivity index (χ3n) is 2.81. The number of rotatable bonds is 7. The van der Waals surface area contributed by atoms with Crippen molar-refractivity contribution in [2.45, 2.75) is 52.9 Å². The van der Waals surface area contributed by atoms with Gasteiger partial charge in [0.15, 0.2) is 0 Å². The summed E-state index contributed by atoms with van der Waals surface area (Å²) in [6, 6.07) is 2.35. The van der Waals surface area contributed by atoms with Crippen LogP contribution in [-0.2, 0) is 6.42 Å². The average molecular weight is 248 g/mol. The van der Waals surface area contributed by atoms with E-state index in [2.05, 4.69) is 51.1 Å². The van der Waals surface area contributed by atoms with Gasteiger partial charge in [0.25, 0.3) is 0 Å². The molecule has 94 valence electrons. The maximum absolute atomic E-state index is 2.35. The van der Waals surface area contributed by atoms with Crippen molar-refractivity contribution in [2.75, 3.05) is 0 Å². The molecule has 0 saturated heterocycles.